The molecule has 98 valence electrons. The van der Waals surface area contributed by atoms with Gasteiger partial charge in [-0.25, -0.2) is 0 Å². The molecule has 0 radical (unpaired) electrons. The summed E-state index contributed by atoms with van der Waals surface area (Å²) in [6.07, 6.45) is 1.60. The first-order valence-corrected chi connectivity index (χ1v) is 6.18. The van der Waals surface area contributed by atoms with E-state index in [1.807, 2.05) is 19.2 Å². The SMILES string of the molecule is CNC(C)C(c1nc(-c2ccco2)no1)C(C)C. The van der Waals surface area contributed by atoms with Crippen LogP contribution in [0, 0.1) is 5.92 Å². The molecule has 0 bridgehead atoms. The normalized spacial score (nSPS) is 14.9. The van der Waals surface area contributed by atoms with Crippen LogP contribution in [0.15, 0.2) is 27.3 Å². The molecule has 1 N–H and O–H groups in total. The van der Waals surface area contributed by atoms with Gasteiger partial charge in [-0.1, -0.05) is 19.0 Å². The Labute approximate surface area is 107 Å². The molecule has 2 aromatic rings. The van der Waals surface area contributed by atoms with E-state index in [9.17, 15) is 0 Å². The minimum atomic E-state index is 0.186. The van der Waals surface area contributed by atoms with Crippen LogP contribution in [-0.2, 0) is 0 Å². The highest BCUT2D eigenvalue weighted by molar-refractivity contribution is 5.44. The van der Waals surface area contributed by atoms with Crippen LogP contribution in [0.5, 0.6) is 0 Å². The zero-order valence-corrected chi connectivity index (χ0v) is 11.2. The number of rotatable bonds is 5. The number of aromatic nitrogens is 2. The minimum absolute atomic E-state index is 0.186. The van der Waals surface area contributed by atoms with Crippen molar-refractivity contribution in [3.05, 3.63) is 24.3 Å². The van der Waals surface area contributed by atoms with Crippen molar-refractivity contribution in [1.82, 2.24) is 15.5 Å². The number of likely N-dealkylation sites (N-methyl/N-ethyl adjacent to an activating group) is 1. The first kappa shape index (κ1) is 12.8. The highest BCUT2D eigenvalue weighted by atomic mass is 16.5. The highest BCUT2D eigenvalue weighted by Crippen LogP contribution is 2.28. The second kappa shape index (κ2) is 5.35. The summed E-state index contributed by atoms with van der Waals surface area (Å²) in [5.74, 6) is 2.38. The van der Waals surface area contributed by atoms with Gasteiger partial charge in [-0.2, -0.15) is 4.98 Å². The van der Waals surface area contributed by atoms with Crippen molar-refractivity contribution in [3.8, 4) is 11.6 Å². The Bertz CT molecular complexity index is 476. The Morgan fingerprint density at radius 2 is 2.06 bits per heavy atom. The van der Waals surface area contributed by atoms with Gasteiger partial charge in [-0.05, 0) is 32.0 Å². The largest absolute Gasteiger partial charge is 0.461 e. The fraction of sp³-hybridized carbons (Fsp3) is 0.538. The van der Waals surface area contributed by atoms with Crippen molar-refractivity contribution >= 4 is 0 Å². The quantitative estimate of drug-likeness (QED) is 0.882. The molecule has 0 amide bonds. The lowest BCUT2D eigenvalue weighted by atomic mass is 9.89. The average molecular weight is 249 g/mol. The molecular weight excluding hydrogens is 230 g/mol. The van der Waals surface area contributed by atoms with Crippen LogP contribution in [0.1, 0.15) is 32.6 Å². The van der Waals surface area contributed by atoms with E-state index in [1.165, 1.54) is 0 Å². The van der Waals surface area contributed by atoms with E-state index in [-0.39, 0.29) is 12.0 Å². The molecule has 2 unspecified atom stereocenters. The van der Waals surface area contributed by atoms with Crippen molar-refractivity contribution in [2.24, 2.45) is 5.92 Å². The summed E-state index contributed by atoms with van der Waals surface area (Å²) in [5, 5.41) is 7.21. The molecule has 2 aromatic heterocycles. The molecule has 5 nitrogen and oxygen atoms in total. The lowest BCUT2D eigenvalue weighted by molar-refractivity contribution is 0.286. The molecule has 0 saturated heterocycles. The van der Waals surface area contributed by atoms with Crippen molar-refractivity contribution in [2.45, 2.75) is 32.7 Å². The molecule has 0 saturated carbocycles. The van der Waals surface area contributed by atoms with Gasteiger partial charge >= 0.3 is 0 Å². The zero-order valence-electron chi connectivity index (χ0n) is 11.2. The minimum Gasteiger partial charge on any atom is -0.461 e. The lowest BCUT2D eigenvalue weighted by Crippen LogP contribution is -2.32. The van der Waals surface area contributed by atoms with E-state index in [0.717, 1.165) is 0 Å². The smallest absolute Gasteiger partial charge is 0.238 e. The van der Waals surface area contributed by atoms with Crippen LogP contribution in [0.3, 0.4) is 0 Å². The maximum absolute atomic E-state index is 5.37. The van der Waals surface area contributed by atoms with Crippen LogP contribution in [0.2, 0.25) is 0 Å². The summed E-state index contributed by atoms with van der Waals surface area (Å²) in [5.41, 5.74) is 0. The van der Waals surface area contributed by atoms with Gasteiger partial charge in [0.05, 0.1) is 12.2 Å². The Balaban J connectivity index is 2.27. The maximum Gasteiger partial charge on any atom is 0.238 e. The van der Waals surface area contributed by atoms with Crippen molar-refractivity contribution < 1.29 is 8.94 Å². The molecule has 5 heteroatoms. The van der Waals surface area contributed by atoms with E-state index < -0.39 is 0 Å². The molecule has 0 aromatic carbocycles. The molecule has 2 rings (SSSR count). The number of furan rings is 1. The van der Waals surface area contributed by atoms with E-state index in [2.05, 4.69) is 36.2 Å². The van der Waals surface area contributed by atoms with Crippen LogP contribution in [-0.4, -0.2) is 23.2 Å². The van der Waals surface area contributed by atoms with E-state index in [4.69, 9.17) is 8.94 Å². The summed E-state index contributed by atoms with van der Waals surface area (Å²) in [7, 11) is 1.93. The molecule has 0 aliphatic rings. The molecule has 2 atom stereocenters. The number of hydrogen-bond acceptors (Lipinski definition) is 5. The van der Waals surface area contributed by atoms with Gasteiger partial charge in [0.25, 0.3) is 0 Å². The third-order valence-electron chi connectivity index (χ3n) is 3.18. The first-order chi connectivity index (χ1) is 8.63. The molecule has 0 aliphatic heterocycles. The molecule has 0 spiro atoms. The van der Waals surface area contributed by atoms with Gasteiger partial charge in [0.1, 0.15) is 0 Å². The second-order valence-electron chi connectivity index (χ2n) is 4.78. The van der Waals surface area contributed by atoms with E-state index in [0.29, 0.717) is 23.4 Å². The number of nitrogens with zero attached hydrogens (tertiary/aromatic N) is 2. The summed E-state index contributed by atoms with van der Waals surface area (Å²) in [6, 6.07) is 3.90. The third-order valence-corrected chi connectivity index (χ3v) is 3.18. The van der Waals surface area contributed by atoms with E-state index >= 15 is 0 Å². The maximum atomic E-state index is 5.37. The summed E-state index contributed by atoms with van der Waals surface area (Å²) in [4.78, 5) is 4.43. The number of hydrogen-bond donors (Lipinski definition) is 1. The van der Waals surface area contributed by atoms with Crippen LogP contribution < -0.4 is 5.32 Å². The Morgan fingerprint density at radius 1 is 1.28 bits per heavy atom. The second-order valence-corrected chi connectivity index (χ2v) is 4.78. The van der Waals surface area contributed by atoms with Gasteiger partial charge in [0, 0.05) is 6.04 Å². The van der Waals surface area contributed by atoms with Gasteiger partial charge in [-0.15, -0.1) is 0 Å². The monoisotopic (exact) mass is 249 g/mol. The fourth-order valence-electron chi connectivity index (χ4n) is 2.13. The van der Waals surface area contributed by atoms with Gasteiger partial charge in [-0.3, -0.25) is 0 Å². The molecule has 18 heavy (non-hydrogen) atoms. The summed E-state index contributed by atoms with van der Waals surface area (Å²) in [6.45, 7) is 6.41. The van der Waals surface area contributed by atoms with Gasteiger partial charge in [0.15, 0.2) is 5.76 Å². The Kier molecular flexibility index (Phi) is 3.81. The predicted molar refractivity (Wildman–Crippen MR) is 68.1 cm³/mol. The number of nitrogens with one attached hydrogen (secondary N) is 1. The summed E-state index contributed by atoms with van der Waals surface area (Å²) < 4.78 is 10.6. The first-order valence-electron chi connectivity index (χ1n) is 6.18. The molecule has 0 aliphatic carbocycles. The van der Waals surface area contributed by atoms with E-state index in [1.54, 1.807) is 6.26 Å². The van der Waals surface area contributed by atoms with Crippen molar-refractivity contribution in [1.29, 1.82) is 0 Å². The van der Waals surface area contributed by atoms with Crippen LogP contribution in [0.25, 0.3) is 11.6 Å². The summed E-state index contributed by atoms with van der Waals surface area (Å²) >= 11 is 0. The molecule has 0 fully saturated rings. The molecule has 2 heterocycles. The lowest BCUT2D eigenvalue weighted by Gasteiger charge is -2.23. The van der Waals surface area contributed by atoms with Crippen LogP contribution in [0.4, 0.5) is 0 Å². The van der Waals surface area contributed by atoms with Gasteiger partial charge in [0.2, 0.25) is 11.7 Å². The third kappa shape index (κ3) is 2.46. The van der Waals surface area contributed by atoms with Crippen molar-refractivity contribution in [3.63, 3.8) is 0 Å². The average Bonchev–Trinajstić information content (AvgIpc) is 2.98. The molecular formula is C13H19N3O2. The fourth-order valence-corrected chi connectivity index (χ4v) is 2.13. The Morgan fingerprint density at radius 3 is 2.61 bits per heavy atom. The van der Waals surface area contributed by atoms with Crippen LogP contribution >= 0.6 is 0 Å². The topological polar surface area (TPSA) is 64.1 Å². The standard InChI is InChI=1S/C13H19N3O2/c1-8(2)11(9(3)14-4)13-15-12(16-18-13)10-6-5-7-17-10/h5-9,11,14H,1-4H3. The zero-order chi connectivity index (χ0) is 13.1. The predicted octanol–water partition coefficient (Wildman–Crippen LogP) is 2.68. The van der Waals surface area contributed by atoms with Gasteiger partial charge < -0.3 is 14.3 Å². The van der Waals surface area contributed by atoms with Crippen molar-refractivity contribution in [2.75, 3.05) is 7.05 Å². The highest BCUT2D eigenvalue weighted by Gasteiger charge is 2.28. The Hall–Kier alpha value is -1.62.